The molecule has 1 aliphatic carbocycles. The minimum atomic E-state index is -0.775. The summed E-state index contributed by atoms with van der Waals surface area (Å²) in [6, 6.07) is 3.41. The standard InChI is InChI=1S/C13H16N2O3S/c1-19-12-10(3-2-6-14-12)11(16)15-9-5-4-8(7-9)13(17)18/h2-3,6,8-9H,4-5,7H2,1H3,(H,15,16)(H,17,18)/t8-,9+/m1/s1. The van der Waals surface area contributed by atoms with Crippen LogP contribution in [0, 0.1) is 5.92 Å². The molecule has 1 amide bonds. The van der Waals surface area contributed by atoms with Gasteiger partial charge >= 0.3 is 5.97 Å². The Morgan fingerprint density at radius 3 is 2.89 bits per heavy atom. The van der Waals surface area contributed by atoms with E-state index in [4.69, 9.17) is 5.11 Å². The Balaban J connectivity index is 2.00. The van der Waals surface area contributed by atoms with Crippen molar-refractivity contribution in [3.8, 4) is 0 Å². The molecule has 5 nitrogen and oxygen atoms in total. The number of carbonyl (C=O) groups is 2. The van der Waals surface area contributed by atoms with Gasteiger partial charge in [0.25, 0.3) is 5.91 Å². The highest BCUT2D eigenvalue weighted by Crippen LogP contribution is 2.26. The summed E-state index contributed by atoms with van der Waals surface area (Å²) in [4.78, 5) is 27.2. The number of nitrogens with zero attached hydrogens (tertiary/aromatic N) is 1. The van der Waals surface area contributed by atoms with Crippen molar-refractivity contribution in [3.63, 3.8) is 0 Å². The van der Waals surface area contributed by atoms with Crippen molar-refractivity contribution in [1.82, 2.24) is 10.3 Å². The first-order chi connectivity index (χ1) is 9.11. The SMILES string of the molecule is CSc1ncccc1C(=O)N[C@H]1CC[C@@H](C(=O)O)C1. The van der Waals surface area contributed by atoms with E-state index in [1.807, 2.05) is 6.26 Å². The number of pyridine rings is 1. The topological polar surface area (TPSA) is 79.3 Å². The van der Waals surface area contributed by atoms with Gasteiger partial charge in [0.1, 0.15) is 5.03 Å². The normalized spacial score (nSPS) is 22.2. The summed E-state index contributed by atoms with van der Waals surface area (Å²) in [5, 5.41) is 12.5. The molecule has 0 unspecified atom stereocenters. The molecule has 1 aliphatic rings. The summed E-state index contributed by atoms with van der Waals surface area (Å²) >= 11 is 1.42. The van der Waals surface area contributed by atoms with Crippen molar-refractivity contribution in [2.24, 2.45) is 5.92 Å². The van der Waals surface area contributed by atoms with Gasteiger partial charge in [-0.2, -0.15) is 0 Å². The number of carboxylic acids is 1. The molecule has 0 radical (unpaired) electrons. The van der Waals surface area contributed by atoms with Crippen LogP contribution in [-0.4, -0.2) is 34.3 Å². The van der Waals surface area contributed by atoms with Crippen LogP contribution in [0.3, 0.4) is 0 Å². The zero-order chi connectivity index (χ0) is 13.8. The Hall–Kier alpha value is -1.56. The summed E-state index contributed by atoms with van der Waals surface area (Å²) < 4.78 is 0. The molecular weight excluding hydrogens is 264 g/mol. The van der Waals surface area contributed by atoms with E-state index in [0.29, 0.717) is 23.4 Å². The van der Waals surface area contributed by atoms with Gasteiger partial charge in [0, 0.05) is 12.2 Å². The maximum absolute atomic E-state index is 12.1. The molecule has 1 aromatic heterocycles. The lowest BCUT2D eigenvalue weighted by Gasteiger charge is -2.13. The number of carboxylic acid groups (broad SMARTS) is 1. The molecule has 0 spiro atoms. The predicted molar refractivity (Wildman–Crippen MR) is 72.2 cm³/mol. The van der Waals surface area contributed by atoms with Crippen LogP contribution < -0.4 is 5.32 Å². The number of rotatable bonds is 4. The number of amides is 1. The number of carbonyl (C=O) groups excluding carboxylic acids is 1. The Bertz CT molecular complexity index is 493. The molecular formula is C13H16N2O3S. The largest absolute Gasteiger partial charge is 0.481 e. The second kappa shape index (κ2) is 6.06. The Morgan fingerprint density at radius 2 is 2.26 bits per heavy atom. The maximum atomic E-state index is 12.1. The van der Waals surface area contributed by atoms with Crippen LogP contribution >= 0.6 is 11.8 Å². The van der Waals surface area contributed by atoms with Gasteiger partial charge in [0.05, 0.1) is 11.5 Å². The summed E-state index contributed by atoms with van der Waals surface area (Å²) in [7, 11) is 0. The Morgan fingerprint density at radius 1 is 1.47 bits per heavy atom. The molecule has 1 saturated carbocycles. The number of aliphatic carboxylic acids is 1. The quantitative estimate of drug-likeness (QED) is 0.822. The van der Waals surface area contributed by atoms with E-state index in [0.717, 1.165) is 6.42 Å². The van der Waals surface area contributed by atoms with Gasteiger partial charge in [-0.05, 0) is 37.7 Å². The molecule has 102 valence electrons. The van der Waals surface area contributed by atoms with Crippen molar-refractivity contribution in [2.75, 3.05) is 6.26 Å². The Labute approximate surface area is 115 Å². The summed E-state index contributed by atoms with van der Waals surface area (Å²) in [5.41, 5.74) is 0.550. The highest BCUT2D eigenvalue weighted by Gasteiger charge is 2.30. The van der Waals surface area contributed by atoms with Crippen LogP contribution in [0.4, 0.5) is 0 Å². The van der Waals surface area contributed by atoms with Gasteiger partial charge in [-0.15, -0.1) is 11.8 Å². The average molecular weight is 280 g/mol. The van der Waals surface area contributed by atoms with Gasteiger partial charge in [0.15, 0.2) is 0 Å². The van der Waals surface area contributed by atoms with Crippen molar-refractivity contribution in [2.45, 2.75) is 30.3 Å². The fourth-order valence-electron chi connectivity index (χ4n) is 2.33. The second-order valence-electron chi connectivity index (χ2n) is 4.58. The molecule has 1 fully saturated rings. The average Bonchev–Trinajstić information content (AvgIpc) is 2.87. The lowest BCUT2D eigenvalue weighted by Crippen LogP contribution is -2.33. The van der Waals surface area contributed by atoms with Gasteiger partial charge in [-0.25, -0.2) is 4.98 Å². The van der Waals surface area contributed by atoms with Crippen LogP contribution in [0.5, 0.6) is 0 Å². The number of hydrogen-bond acceptors (Lipinski definition) is 4. The summed E-state index contributed by atoms with van der Waals surface area (Å²) in [5.74, 6) is -1.28. The second-order valence-corrected chi connectivity index (χ2v) is 5.37. The molecule has 19 heavy (non-hydrogen) atoms. The van der Waals surface area contributed by atoms with E-state index in [1.165, 1.54) is 11.8 Å². The third-order valence-electron chi connectivity index (χ3n) is 3.33. The van der Waals surface area contributed by atoms with E-state index in [1.54, 1.807) is 18.3 Å². The van der Waals surface area contributed by atoms with Crippen molar-refractivity contribution >= 4 is 23.6 Å². The summed E-state index contributed by atoms with van der Waals surface area (Å²) in [6.45, 7) is 0. The third-order valence-corrected chi connectivity index (χ3v) is 4.04. The highest BCUT2D eigenvalue weighted by molar-refractivity contribution is 7.98. The van der Waals surface area contributed by atoms with Crippen molar-refractivity contribution in [3.05, 3.63) is 23.9 Å². The van der Waals surface area contributed by atoms with Gasteiger partial charge in [0.2, 0.25) is 0 Å². The third kappa shape index (κ3) is 3.26. The Kier molecular flexibility index (Phi) is 4.42. The first-order valence-corrected chi connectivity index (χ1v) is 7.37. The van der Waals surface area contributed by atoms with Crippen LogP contribution in [0.2, 0.25) is 0 Å². The molecule has 6 heteroatoms. The molecule has 2 N–H and O–H groups in total. The summed E-state index contributed by atoms with van der Waals surface area (Å²) in [6.07, 6.45) is 5.38. The zero-order valence-corrected chi connectivity index (χ0v) is 11.4. The first-order valence-electron chi connectivity index (χ1n) is 6.14. The van der Waals surface area contributed by atoms with E-state index in [-0.39, 0.29) is 17.9 Å². The monoisotopic (exact) mass is 280 g/mol. The number of thioether (sulfide) groups is 1. The fourth-order valence-corrected chi connectivity index (χ4v) is 2.87. The first kappa shape index (κ1) is 13.9. The van der Waals surface area contributed by atoms with Gasteiger partial charge in [-0.3, -0.25) is 9.59 Å². The molecule has 1 aromatic rings. The zero-order valence-electron chi connectivity index (χ0n) is 10.6. The van der Waals surface area contributed by atoms with E-state index in [9.17, 15) is 9.59 Å². The number of aromatic nitrogens is 1. The molecule has 0 saturated heterocycles. The minimum absolute atomic E-state index is 0.0523. The minimum Gasteiger partial charge on any atom is -0.481 e. The molecule has 2 atom stereocenters. The lowest BCUT2D eigenvalue weighted by molar-refractivity contribution is -0.141. The lowest BCUT2D eigenvalue weighted by atomic mass is 10.1. The van der Waals surface area contributed by atoms with Crippen molar-refractivity contribution < 1.29 is 14.7 Å². The van der Waals surface area contributed by atoms with E-state index >= 15 is 0 Å². The molecule has 0 aromatic carbocycles. The maximum Gasteiger partial charge on any atom is 0.306 e. The van der Waals surface area contributed by atoms with Gasteiger partial charge in [-0.1, -0.05) is 0 Å². The predicted octanol–water partition coefficient (Wildman–Crippen LogP) is 1.79. The van der Waals surface area contributed by atoms with Crippen molar-refractivity contribution in [1.29, 1.82) is 0 Å². The number of nitrogens with one attached hydrogen (secondary N) is 1. The van der Waals surface area contributed by atoms with Gasteiger partial charge < -0.3 is 10.4 Å². The fraction of sp³-hybridized carbons (Fsp3) is 0.462. The molecule has 2 rings (SSSR count). The van der Waals surface area contributed by atoms with E-state index in [2.05, 4.69) is 10.3 Å². The molecule has 1 heterocycles. The highest BCUT2D eigenvalue weighted by atomic mass is 32.2. The van der Waals surface area contributed by atoms with Crippen LogP contribution in [0.15, 0.2) is 23.4 Å². The van der Waals surface area contributed by atoms with Crippen LogP contribution in [-0.2, 0) is 4.79 Å². The van der Waals surface area contributed by atoms with E-state index < -0.39 is 5.97 Å². The number of hydrogen-bond donors (Lipinski definition) is 2. The van der Waals surface area contributed by atoms with Crippen LogP contribution in [0.1, 0.15) is 29.6 Å². The smallest absolute Gasteiger partial charge is 0.306 e. The molecule has 0 aliphatic heterocycles. The molecule has 0 bridgehead atoms. The van der Waals surface area contributed by atoms with Crippen LogP contribution in [0.25, 0.3) is 0 Å².